The number of nitriles is 1. The Labute approximate surface area is 466 Å². The molecule has 0 radical (unpaired) electrons. The van der Waals surface area contributed by atoms with Gasteiger partial charge in [0.25, 0.3) is 60.7 Å². The number of phenols is 1. The van der Waals surface area contributed by atoms with E-state index >= 15 is 0 Å². The molecule has 432 valence electrons. The van der Waals surface area contributed by atoms with Gasteiger partial charge in [0.2, 0.25) is 11.0 Å². The van der Waals surface area contributed by atoms with Crippen molar-refractivity contribution in [3.8, 4) is 23.4 Å². The highest BCUT2D eigenvalue weighted by Gasteiger charge is 2.30. The Morgan fingerprint density at radius 3 is 1.85 bits per heavy atom. The fourth-order valence-electron chi connectivity index (χ4n) is 8.25. The van der Waals surface area contributed by atoms with E-state index in [0.29, 0.717) is 34.5 Å². The Hall–Kier alpha value is -7.85. The van der Waals surface area contributed by atoms with Crippen molar-refractivity contribution >= 4 is 149 Å². The largest absolute Gasteiger partial charge is 0.505 e. The Morgan fingerprint density at radius 1 is 0.659 bits per heavy atom. The number of benzene rings is 5. The minimum absolute atomic E-state index is 0.0194. The first-order chi connectivity index (χ1) is 38.1. The van der Waals surface area contributed by atoms with Crippen molar-refractivity contribution in [3.63, 3.8) is 0 Å². The van der Waals surface area contributed by atoms with Gasteiger partial charge in [0.1, 0.15) is 60.3 Å². The number of para-hydroxylation sites is 2. The normalized spacial score (nSPS) is 13.2. The number of aromatic hydroxyl groups is 2. The zero-order chi connectivity index (χ0) is 60.2. The molecule has 8 N–H and O–H groups in total. The van der Waals surface area contributed by atoms with E-state index in [4.69, 9.17) is 4.74 Å². The highest BCUT2D eigenvalue weighted by Crippen LogP contribution is 2.48. The third-order valence-electron chi connectivity index (χ3n) is 11.8. The Morgan fingerprint density at radius 2 is 1.27 bits per heavy atom. The molecule has 3 heterocycles. The van der Waals surface area contributed by atoms with E-state index in [-0.39, 0.29) is 44.3 Å². The van der Waals surface area contributed by atoms with Crippen molar-refractivity contribution in [2.45, 2.75) is 39.3 Å². The van der Waals surface area contributed by atoms with E-state index in [1.807, 2.05) is 6.07 Å². The van der Waals surface area contributed by atoms with E-state index < -0.39 is 168 Å². The van der Waals surface area contributed by atoms with Gasteiger partial charge in [-0.05, 0) is 68.3 Å². The molecule has 0 aliphatic rings. The summed E-state index contributed by atoms with van der Waals surface area (Å²) in [6.45, 7) is 0.556. The molecule has 0 saturated carbocycles. The lowest BCUT2D eigenvalue weighted by Crippen LogP contribution is -2.28. The highest BCUT2D eigenvalue weighted by molar-refractivity contribution is 7.87. The number of hydrogen-bond donors (Lipinski definition) is 8. The molecule has 82 heavy (non-hydrogen) atoms. The molecule has 0 fully saturated rings. The molecule has 39 heteroatoms. The molecule has 5 aromatic carbocycles. The zero-order valence-electron chi connectivity index (χ0n) is 41.3. The number of aromatic nitrogens is 3. The first-order valence-corrected chi connectivity index (χ1v) is 32.2. The maximum Gasteiger partial charge on any atom is 0.297 e. The van der Waals surface area contributed by atoms with Crippen molar-refractivity contribution < 1.29 is 92.8 Å². The maximum absolute atomic E-state index is 13.2. The summed E-state index contributed by atoms with van der Waals surface area (Å²) in [5.41, 5.74) is -3.05. The fraction of sp³-hybridized carbons (Fsp3) is 0.186. The molecule has 0 unspecified atom stereocenters. The van der Waals surface area contributed by atoms with Crippen LogP contribution in [0.25, 0.3) is 37.7 Å². The average molecular weight is 1270 g/mol. The van der Waals surface area contributed by atoms with Gasteiger partial charge in [0.05, 0.1) is 44.9 Å². The van der Waals surface area contributed by atoms with Crippen molar-refractivity contribution in [2.24, 2.45) is 30.7 Å². The minimum atomic E-state index is -5.63. The fourth-order valence-corrected chi connectivity index (χ4v) is 13.0. The van der Waals surface area contributed by atoms with Crippen LogP contribution in [0.1, 0.15) is 24.0 Å². The smallest absolute Gasteiger partial charge is 0.297 e. The summed E-state index contributed by atoms with van der Waals surface area (Å²) in [5.74, 6) is -3.91. The summed E-state index contributed by atoms with van der Waals surface area (Å²) in [6, 6.07) is 14.1. The van der Waals surface area contributed by atoms with Crippen LogP contribution >= 0.6 is 11.3 Å². The highest BCUT2D eigenvalue weighted by atomic mass is 32.2. The number of ether oxygens (including phenoxy) is 1. The van der Waals surface area contributed by atoms with Gasteiger partial charge >= 0.3 is 0 Å². The van der Waals surface area contributed by atoms with E-state index in [1.165, 1.54) is 16.2 Å². The average Bonchev–Trinajstić information content (AvgIpc) is 1.93. The second kappa shape index (κ2) is 22.1. The predicted octanol–water partition coefficient (Wildman–Crippen LogP) is 7.45. The maximum atomic E-state index is 13.2. The van der Waals surface area contributed by atoms with E-state index in [2.05, 4.69) is 40.7 Å². The van der Waals surface area contributed by atoms with E-state index in [9.17, 15) is 93.3 Å². The van der Waals surface area contributed by atoms with Crippen LogP contribution in [0.15, 0.2) is 117 Å². The molecule has 0 saturated heterocycles. The van der Waals surface area contributed by atoms with E-state index in [0.717, 1.165) is 37.4 Å². The number of anilines is 1. The zero-order valence-corrected chi connectivity index (χ0v) is 47.0. The molecule has 0 aliphatic carbocycles. The number of hydrogen-bond acceptors (Lipinski definition) is 26. The number of pyridine rings is 1. The lowest BCUT2D eigenvalue weighted by Gasteiger charge is -2.26. The second-order valence-electron chi connectivity index (χ2n) is 17.2. The summed E-state index contributed by atoms with van der Waals surface area (Å²) in [7, 11) is -29.6. The second-order valence-corrected chi connectivity index (χ2v) is 26.9. The third kappa shape index (κ3) is 12.8. The van der Waals surface area contributed by atoms with Crippen LogP contribution < -0.4 is 9.64 Å². The van der Waals surface area contributed by atoms with Crippen molar-refractivity contribution in [1.29, 1.82) is 5.26 Å². The number of fused-ring (bicyclic) bond motifs is 5. The number of rotatable bonds is 20. The SMILES string of the molecule is COc1cc(N=Nc2c(S(=O)(=O)O)cc3c(S(=O)(=O)O)c(N=Nc4c(C)c(C#N)c5nc6ccccc6n5c4O)ccc3c2O)c(N(CCCS(=O)(=O)O)CCCS(=O)(=O)O)cc1N=Nc1nc2c(S(=O)(=O)O)cc(S(=O)(=O)O)cc2s1. The number of phenolic OH excluding ortho intramolecular Hbond substituents is 1. The molecule has 8 aromatic rings. The van der Waals surface area contributed by atoms with Crippen LogP contribution in [0.5, 0.6) is 17.4 Å². The molecule has 0 aliphatic heterocycles. The number of azo groups is 3. The summed E-state index contributed by atoms with van der Waals surface area (Å²) >= 11 is 0.509. The van der Waals surface area contributed by atoms with Gasteiger partial charge in [-0.3, -0.25) is 31.7 Å². The summed E-state index contributed by atoms with van der Waals surface area (Å²) in [5, 5.41) is 55.4. The van der Waals surface area contributed by atoms with Crippen LogP contribution in [0, 0.1) is 18.3 Å². The van der Waals surface area contributed by atoms with E-state index in [1.54, 1.807) is 24.3 Å². The third-order valence-corrected chi connectivity index (χ3v) is 17.8. The van der Waals surface area contributed by atoms with Gasteiger partial charge in [-0.25, -0.2) is 9.97 Å². The van der Waals surface area contributed by atoms with Crippen LogP contribution in [0.2, 0.25) is 0 Å². The van der Waals surface area contributed by atoms with Crippen molar-refractivity contribution in [2.75, 3.05) is 36.6 Å². The van der Waals surface area contributed by atoms with Crippen molar-refractivity contribution in [3.05, 3.63) is 77.9 Å². The number of thiazole rings is 1. The Kier molecular flexibility index (Phi) is 16.3. The summed E-state index contributed by atoms with van der Waals surface area (Å²) in [4.78, 5) is 5.05. The number of nitrogens with zero attached hydrogens (tertiary/aromatic N) is 11. The summed E-state index contributed by atoms with van der Waals surface area (Å²) in [6.07, 6.45) is -0.821. The van der Waals surface area contributed by atoms with Gasteiger partial charge in [0.15, 0.2) is 17.1 Å². The molecular formula is C43H37N11O21S7. The van der Waals surface area contributed by atoms with Gasteiger partial charge in [-0.1, -0.05) is 23.5 Å². The van der Waals surface area contributed by atoms with Crippen LogP contribution in [-0.2, 0) is 60.7 Å². The molecule has 3 aromatic heterocycles. The van der Waals surface area contributed by atoms with Crippen LogP contribution in [-0.4, -0.2) is 134 Å². The molecule has 8 rings (SSSR count). The van der Waals surface area contributed by atoms with Crippen LogP contribution in [0.3, 0.4) is 0 Å². The van der Waals surface area contributed by atoms with Crippen molar-refractivity contribution in [1.82, 2.24) is 14.4 Å². The molecule has 0 amide bonds. The minimum Gasteiger partial charge on any atom is -0.505 e. The number of methoxy groups -OCH3 is 1. The topological polar surface area (TPSA) is 507 Å². The van der Waals surface area contributed by atoms with Gasteiger partial charge in [-0.15, -0.1) is 30.7 Å². The molecule has 32 nitrogen and oxygen atoms in total. The quantitative estimate of drug-likeness (QED) is 0.0271. The lowest BCUT2D eigenvalue weighted by molar-refractivity contribution is 0.416. The molecule has 0 bridgehead atoms. The Bertz CT molecular complexity index is 4830. The summed E-state index contributed by atoms with van der Waals surface area (Å²) < 4.78 is 214. The molecular weight excluding hydrogens is 1230 g/mol. The van der Waals surface area contributed by atoms with Gasteiger partial charge in [-0.2, -0.15) is 55.8 Å². The van der Waals surface area contributed by atoms with Gasteiger partial charge < -0.3 is 19.8 Å². The predicted molar refractivity (Wildman–Crippen MR) is 288 cm³/mol. The first-order valence-electron chi connectivity index (χ1n) is 22.4. The number of imidazole rings is 1. The van der Waals surface area contributed by atoms with Gasteiger partial charge in [0, 0.05) is 35.5 Å². The standard InChI is InChI=1S/C43H37N11O21S7/c1-21-25(20-44)41-45-26-7-3-4-8-30(26)54(41)42(56)36(21)50-47-27-10-9-23-24(40(27)82(72,73)74)17-35(81(69,70)71)38(39(23)55)51-48-28-19-32(75-2)29(18-31(28)53(11-5-13-77(57,58)59)12-6-14-78(60,61)62)49-52-43-46-37-33(76-43)15-22(79(63,64)65)16-34(37)80(66,67)68/h3-4,7-10,15-19,55-56H,5-6,11-14H2,1-2H3,(H,57,58,59)(H,60,61,62)(H,63,64,65)(H,66,67,68)(H,69,70,71)(H,72,73,74). The molecule has 0 spiro atoms. The lowest BCUT2D eigenvalue weighted by atomic mass is 10.1. The Balaban J connectivity index is 1.30. The monoisotopic (exact) mass is 1270 g/mol. The molecule has 0 atom stereocenters. The first kappa shape index (κ1) is 60.3. The van der Waals surface area contributed by atoms with Crippen LogP contribution in [0.4, 0.5) is 39.3 Å².